The highest BCUT2D eigenvalue weighted by molar-refractivity contribution is 5.35. The first-order valence-corrected chi connectivity index (χ1v) is 8.07. The lowest BCUT2D eigenvalue weighted by molar-refractivity contribution is -0.0883. The van der Waals surface area contributed by atoms with Crippen LogP contribution in [0.15, 0.2) is 71.6 Å². The number of hydrogen-bond acceptors (Lipinski definition) is 1. The van der Waals surface area contributed by atoms with Crippen LogP contribution in [0.1, 0.15) is 41.0 Å². The summed E-state index contributed by atoms with van der Waals surface area (Å²) in [6, 6.07) is 0. The molecule has 0 radical (unpaired) electrons. The van der Waals surface area contributed by atoms with Gasteiger partial charge < -0.3 is 4.74 Å². The fourth-order valence-corrected chi connectivity index (χ4v) is 2.17. The molecule has 0 bridgehead atoms. The summed E-state index contributed by atoms with van der Waals surface area (Å²) in [5.74, 6) is 0.427. The Labute approximate surface area is 143 Å². The monoisotopic (exact) mass is 340 g/mol. The lowest BCUT2D eigenvalue weighted by Crippen LogP contribution is -2.11. The molecular formula is C20H27F3O. The minimum absolute atomic E-state index is 0.185. The summed E-state index contributed by atoms with van der Waals surface area (Å²) in [7, 11) is 0. The fourth-order valence-electron chi connectivity index (χ4n) is 2.17. The number of halogens is 3. The van der Waals surface area contributed by atoms with E-state index in [4.69, 9.17) is 4.74 Å². The predicted molar refractivity (Wildman–Crippen MR) is 95.6 cm³/mol. The molecule has 1 rings (SSSR count). The second-order valence-electron chi connectivity index (χ2n) is 4.94. The average Bonchev–Trinajstić information content (AvgIpc) is 2.75. The SMILES string of the molecule is C=C/C(=C(C)\C=C/C)[C@@H](C)OC1=CCC=C(C(F)(F)F)C=C1.CC. The topological polar surface area (TPSA) is 9.23 Å². The van der Waals surface area contributed by atoms with Crippen molar-refractivity contribution in [3.05, 3.63) is 71.6 Å². The Morgan fingerprint density at radius 3 is 2.38 bits per heavy atom. The average molecular weight is 340 g/mol. The molecule has 1 atom stereocenters. The van der Waals surface area contributed by atoms with Gasteiger partial charge in [0, 0.05) is 0 Å². The molecule has 0 heterocycles. The van der Waals surface area contributed by atoms with Crippen LogP contribution in [0.25, 0.3) is 0 Å². The van der Waals surface area contributed by atoms with Gasteiger partial charge >= 0.3 is 6.18 Å². The van der Waals surface area contributed by atoms with E-state index in [9.17, 15) is 13.2 Å². The van der Waals surface area contributed by atoms with Gasteiger partial charge in [0.1, 0.15) is 11.9 Å². The van der Waals surface area contributed by atoms with E-state index in [0.29, 0.717) is 5.76 Å². The van der Waals surface area contributed by atoms with Crippen LogP contribution in [0.3, 0.4) is 0 Å². The largest absolute Gasteiger partial charge is 0.486 e. The third-order valence-electron chi connectivity index (χ3n) is 3.25. The molecule has 1 nitrogen and oxygen atoms in total. The number of hydrogen-bond donors (Lipinski definition) is 0. The van der Waals surface area contributed by atoms with Crippen molar-refractivity contribution in [2.75, 3.05) is 0 Å². The van der Waals surface area contributed by atoms with Gasteiger partial charge in [-0.3, -0.25) is 0 Å². The van der Waals surface area contributed by atoms with E-state index in [1.54, 1.807) is 12.2 Å². The summed E-state index contributed by atoms with van der Waals surface area (Å²) in [5, 5.41) is 0. The van der Waals surface area contributed by atoms with Crippen molar-refractivity contribution in [2.24, 2.45) is 0 Å². The Bertz CT molecular complexity index is 558. The molecule has 134 valence electrons. The highest BCUT2D eigenvalue weighted by Crippen LogP contribution is 2.29. The summed E-state index contributed by atoms with van der Waals surface area (Å²) in [6.45, 7) is 13.5. The van der Waals surface area contributed by atoms with Gasteiger partial charge in [0.25, 0.3) is 0 Å². The van der Waals surface area contributed by atoms with Crippen LogP contribution in [-0.4, -0.2) is 12.3 Å². The molecule has 0 saturated carbocycles. The Kier molecular flexibility index (Phi) is 9.86. The highest BCUT2D eigenvalue weighted by atomic mass is 19.4. The number of ether oxygens (including phenoxy) is 1. The Balaban J connectivity index is 0.00000254. The van der Waals surface area contributed by atoms with Gasteiger partial charge in [-0.25, -0.2) is 0 Å². The maximum absolute atomic E-state index is 12.7. The standard InChI is InChI=1S/C18H21F3O.C2H6/c1-5-8-13(3)17(6-2)14(4)22-16-10-7-9-15(11-12-16)18(19,20)21;1-2/h5-6,8-12,14H,2,7H2,1,3-4H3;1-2H3/b8-5-,17-13+;/t14-;/m1./s1. The van der Waals surface area contributed by atoms with Gasteiger partial charge in [0.05, 0.1) is 5.57 Å². The third kappa shape index (κ3) is 7.07. The molecule has 0 aromatic heterocycles. The Morgan fingerprint density at radius 1 is 1.25 bits per heavy atom. The quantitative estimate of drug-likeness (QED) is 0.498. The van der Waals surface area contributed by atoms with Crippen molar-refractivity contribution in [3.63, 3.8) is 0 Å². The number of allylic oxidation sites excluding steroid dienone is 8. The van der Waals surface area contributed by atoms with Crippen LogP contribution >= 0.6 is 0 Å². The first-order chi connectivity index (χ1) is 11.3. The Morgan fingerprint density at radius 2 is 1.88 bits per heavy atom. The molecule has 0 spiro atoms. The van der Waals surface area contributed by atoms with E-state index in [1.165, 1.54) is 6.08 Å². The van der Waals surface area contributed by atoms with E-state index in [-0.39, 0.29) is 12.5 Å². The van der Waals surface area contributed by atoms with Crippen LogP contribution in [0.4, 0.5) is 13.2 Å². The molecule has 0 fully saturated rings. The molecule has 0 aromatic rings. The van der Waals surface area contributed by atoms with Gasteiger partial charge in [0.15, 0.2) is 0 Å². The lowest BCUT2D eigenvalue weighted by Gasteiger charge is -2.18. The van der Waals surface area contributed by atoms with Crippen LogP contribution in [0.2, 0.25) is 0 Å². The van der Waals surface area contributed by atoms with Crippen LogP contribution in [0.5, 0.6) is 0 Å². The van der Waals surface area contributed by atoms with Gasteiger partial charge in [0.2, 0.25) is 0 Å². The second-order valence-corrected chi connectivity index (χ2v) is 4.94. The lowest BCUT2D eigenvalue weighted by atomic mass is 10.0. The normalized spacial score (nSPS) is 17.0. The second kappa shape index (κ2) is 10.7. The third-order valence-corrected chi connectivity index (χ3v) is 3.25. The summed E-state index contributed by atoms with van der Waals surface area (Å²) in [4.78, 5) is 0. The summed E-state index contributed by atoms with van der Waals surface area (Å²) in [5.41, 5.74) is 1.26. The van der Waals surface area contributed by atoms with Crippen molar-refractivity contribution in [1.82, 2.24) is 0 Å². The molecule has 1 aliphatic carbocycles. The van der Waals surface area contributed by atoms with Crippen LogP contribution in [0, 0.1) is 0 Å². The summed E-state index contributed by atoms with van der Waals surface area (Å²) < 4.78 is 43.8. The minimum Gasteiger partial charge on any atom is -0.486 e. The molecule has 0 N–H and O–H groups in total. The molecule has 1 aliphatic rings. The highest BCUT2D eigenvalue weighted by Gasteiger charge is 2.31. The van der Waals surface area contributed by atoms with E-state index in [2.05, 4.69) is 6.58 Å². The first kappa shape index (κ1) is 22.0. The summed E-state index contributed by atoms with van der Waals surface area (Å²) in [6.07, 6.45) is 6.30. The fraction of sp³-hybridized carbons (Fsp3) is 0.400. The maximum atomic E-state index is 12.7. The first-order valence-electron chi connectivity index (χ1n) is 8.07. The number of rotatable bonds is 5. The van der Waals surface area contributed by atoms with E-state index in [1.807, 2.05) is 46.8 Å². The molecule has 0 amide bonds. The van der Waals surface area contributed by atoms with Gasteiger partial charge in [-0.1, -0.05) is 44.7 Å². The zero-order valence-corrected chi connectivity index (χ0v) is 15.1. The summed E-state index contributed by atoms with van der Waals surface area (Å²) >= 11 is 0. The molecule has 4 heteroatoms. The van der Waals surface area contributed by atoms with Crippen molar-refractivity contribution in [1.29, 1.82) is 0 Å². The molecular weight excluding hydrogens is 313 g/mol. The molecule has 24 heavy (non-hydrogen) atoms. The molecule has 0 saturated heterocycles. The maximum Gasteiger partial charge on any atom is 0.416 e. The minimum atomic E-state index is -4.33. The molecule has 0 aliphatic heterocycles. The predicted octanol–water partition coefficient (Wildman–Crippen LogP) is 6.83. The van der Waals surface area contributed by atoms with E-state index >= 15 is 0 Å². The zero-order valence-electron chi connectivity index (χ0n) is 15.1. The zero-order chi connectivity index (χ0) is 18.8. The van der Waals surface area contributed by atoms with Crippen molar-refractivity contribution in [2.45, 2.75) is 53.3 Å². The molecule has 0 aromatic carbocycles. The van der Waals surface area contributed by atoms with Gasteiger partial charge in [-0.05, 0) is 56.6 Å². The number of alkyl halides is 3. The van der Waals surface area contributed by atoms with Crippen LogP contribution < -0.4 is 0 Å². The van der Waals surface area contributed by atoms with Crippen molar-refractivity contribution < 1.29 is 17.9 Å². The van der Waals surface area contributed by atoms with Crippen LogP contribution in [-0.2, 0) is 4.74 Å². The van der Waals surface area contributed by atoms with Gasteiger partial charge in [-0.2, -0.15) is 13.2 Å². The van der Waals surface area contributed by atoms with E-state index < -0.39 is 11.7 Å². The Hall–Kier alpha value is -1.97. The van der Waals surface area contributed by atoms with Crippen molar-refractivity contribution >= 4 is 0 Å². The van der Waals surface area contributed by atoms with E-state index in [0.717, 1.165) is 23.3 Å². The molecule has 0 unspecified atom stereocenters. The van der Waals surface area contributed by atoms with Crippen molar-refractivity contribution in [3.8, 4) is 0 Å². The smallest absolute Gasteiger partial charge is 0.416 e. The van der Waals surface area contributed by atoms with Gasteiger partial charge in [-0.15, -0.1) is 0 Å².